The molecule has 4 saturated carbocycles. The molecule has 4 rings (SSSR count). The Labute approximate surface area is 309 Å². The minimum Gasteiger partial charge on any atom is -0.466 e. The second-order valence-electron chi connectivity index (χ2n) is 17.3. The first-order chi connectivity index (χ1) is 24.3. The van der Waals surface area contributed by atoms with Crippen molar-refractivity contribution in [2.75, 3.05) is 39.5 Å². The lowest BCUT2D eigenvalue weighted by molar-refractivity contribution is -0.191. The van der Waals surface area contributed by atoms with Crippen LogP contribution in [0.5, 0.6) is 0 Å². The van der Waals surface area contributed by atoms with Crippen molar-refractivity contribution in [1.82, 2.24) is 4.90 Å². The van der Waals surface area contributed by atoms with Gasteiger partial charge in [0, 0.05) is 32.9 Å². The molecule has 0 spiro atoms. The lowest BCUT2D eigenvalue weighted by atomic mass is 9.44. The Balaban J connectivity index is 1.25. The SMILES string of the molecule is CC(=O)OCCCN(CCCOC(C)=O)CC(=O)OC(C)(C)C(=O)OCC(=O)O[C@]1(C)CC[C@@]2(C)[C@@H](CC[C@@H]3[C@@H]2CC[C@]2(C)[C@@H](C(C)=O)CC[C@@H]32)C1. The van der Waals surface area contributed by atoms with Gasteiger partial charge in [0.05, 0.1) is 19.8 Å². The number of fused-ring (bicyclic) bond motifs is 5. The quantitative estimate of drug-likeness (QED) is 0.110. The van der Waals surface area contributed by atoms with Crippen molar-refractivity contribution in [2.24, 2.45) is 40.4 Å². The monoisotopic (exact) mass is 733 g/mol. The molecule has 0 radical (unpaired) electrons. The van der Waals surface area contributed by atoms with Crippen LogP contribution in [0.15, 0.2) is 0 Å². The highest BCUT2D eigenvalue weighted by atomic mass is 16.6. The second kappa shape index (κ2) is 17.0. The number of hydrogen-bond acceptors (Lipinski definition) is 12. The average Bonchev–Trinajstić information content (AvgIpc) is 3.41. The van der Waals surface area contributed by atoms with E-state index in [4.69, 9.17) is 23.7 Å². The van der Waals surface area contributed by atoms with Crippen LogP contribution in [0, 0.1) is 40.4 Å². The fourth-order valence-corrected chi connectivity index (χ4v) is 10.6. The molecule has 0 heterocycles. The van der Waals surface area contributed by atoms with Gasteiger partial charge in [0.15, 0.2) is 6.61 Å². The Kier molecular flexibility index (Phi) is 13.6. The molecule has 12 nitrogen and oxygen atoms in total. The number of rotatable bonds is 16. The maximum absolute atomic E-state index is 13.1. The highest BCUT2D eigenvalue weighted by Crippen LogP contribution is 2.68. The molecular weight excluding hydrogens is 670 g/mol. The molecule has 0 bridgehead atoms. The van der Waals surface area contributed by atoms with Gasteiger partial charge in [-0.05, 0) is 133 Å². The molecule has 0 unspecified atom stereocenters. The van der Waals surface area contributed by atoms with E-state index >= 15 is 0 Å². The van der Waals surface area contributed by atoms with Crippen LogP contribution in [0.4, 0.5) is 0 Å². The Morgan fingerprint density at radius 3 is 1.92 bits per heavy atom. The number of esters is 5. The van der Waals surface area contributed by atoms with Crippen LogP contribution in [-0.4, -0.2) is 91.2 Å². The number of carbonyl (C=O) groups is 6. The van der Waals surface area contributed by atoms with Gasteiger partial charge in [0.25, 0.3) is 0 Å². The standard InChI is InChI=1S/C40H63NO11/c1-26(42)31-13-14-32-30-12-11-29-23-38(6,17-18-39(29,7)33(30)15-16-40(31,32)8)52-35(46)25-50-36(47)37(4,5)51-34(45)24-41(19-9-21-48-27(2)43)20-10-22-49-28(3)44/h29-33H,9-25H2,1-8H3/t29-,30-,31+,32-,33-,38+,39-,40+/m0/s1. The third-order valence-electron chi connectivity index (χ3n) is 13.2. The molecule has 12 heteroatoms. The molecule has 8 atom stereocenters. The summed E-state index contributed by atoms with van der Waals surface area (Å²) in [7, 11) is 0. The Bertz CT molecular complexity index is 1320. The first-order valence-electron chi connectivity index (χ1n) is 19.4. The van der Waals surface area contributed by atoms with Crippen molar-refractivity contribution >= 4 is 35.6 Å². The smallest absolute Gasteiger partial charge is 0.350 e. The number of ether oxygens (including phenoxy) is 5. The van der Waals surface area contributed by atoms with Gasteiger partial charge in [-0.15, -0.1) is 0 Å². The molecule has 4 fully saturated rings. The zero-order valence-electron chi connectivity index (χ0n) is 32.8. The predicted octanol–water partition coefficient (Wildman–Crippen LogP) is 5.61. The molecule has 0 N–H and O–H groups in total. The van der Waals surface area contributed by atoms with Crippen molar-refractivity contribution in [2.45, 2.75) is 137 Å². The van der Waals surface area contributed by atoms with Gasteiger partial charge in [-0.25, -0.2) is 9.59 Å². The highest BCUT2D eigenvalue weighted by Gasteiger charge is 2.62. The van der Waals surface area contributed by atoms with Gasteiger partial charge in [-0.1, -0.05) is 13.8 Å². The largest absolute Gasteiger partial charge is 0.466 e. The van der Waals surface area contributed by atoms with E-state index in [-0.39, 0.29) is 36.5 Å². The van der Waals surface area contributed by atoms with Gasteiger partial charge < -0.3 is 23.7 Å². The van der Waals surface area contributed by atoms with E-state index in [2.05, 4.69) is 13.8 Å². The summed E-state index contributed by atoms with van der Waals surface area (Å²) in [6.45, 7) is 14.5. The van der Waals surface area contributed by atoms with Gasteiger partial charge >= 0.3 is 29.8 Å². The third-order valence-corrected chi connectivity index (χ3v) is 13.2. The normalized spacial score (nSPS) is 32.4. The van der Waals surface area contributed by atoms with Crippen molar-refractivity contribution in [3.05, 3.63) is 0 Å². The molecule has 4 aliphatic carbocycles. The first-order valence-corrected chi connectivity index (χ1v) is 19.4. The topological polar surface area (TPSA) is 152 Å². The molecular formula is C40H63NO11. The Hall–Kier alpha value is -3.02. The summed E-state index contributed by atoms with van der Waals surface area (Å²) >= 11 is 0. The molecule has 0 aromatic carbocycles. The number of carbonyl (C=O) groups excluding carboxylic acids is 6. The molecule has 0 aromatic heterocycles. The van der Waals surface area contributed by atoms with E-state index in [0.717, 1.165) is 57.8 Å². The van der Waals surface area contributed by atoms with E-state index in [9.17, 15) is 28.8 Å². The molecule has 4 aliphatic rings. The van der Waals surface area contributed by atoms with Gasteiger partial charge in [0.1, 0.15) is 11.4 Å². The summed E-state index contributed by atoms with van der Waals surface area (Å²) in [4.78, 5) is 75.4. The van der Waals surface area contributed by atoms with Gasteiger partial charge in [0.2, 0.25) is 5.60 Å². The number of nitrogens with zero attached hydrogens (tertiary/aromatic N) is 1. The summed E-state index contributed by atoms with van der Waals surface area (Å²) in [5.41, 5.74) is -2.02. The minimum atomic E-state index is -1.66. The van der Waals surface area contributed by atoms with Gasteiger partial charge in [-0.2, -0.15) is 0 Å². The lowest BCUT2D eigenvalue weighted by Crippen LogP contribution is -2.56. The number of Topliss-reactive ketones (excluding diaryl/α,β-unsaturated/α-hetero) is 1. The molecule has 0 aromatic rings. The van der Waals surface area contributed by atoms with Crippen molar-refractivity contribution in [3.63, 3.8) is 0 Å². The Morgan fingerprint density at radius 1 is 0.712 bits per heavy atom. The fraction of sp³-hybridized carbons (Fsp3) is 0.850. The Morgan fingerprint density at radius 2 is 1.33 bits per heavy atom. The van der Waals surface area contributed by atoms with Crippen LogP contribution in [0.25, 0.3) is 0 Å². The van der Waals surface area contributed by atoms with E-state index < -0.39 is 47.7 Å². The summed E-state index contributed by atoms with van der Waals surface area (Å²) in [5.74, 6) is -0.105. The number of hydrogen-bond donors (Lipinski definition) is 0. The fourth-order valence-electron chi connectivity index (χ4n) is 10.6. The van der Waals surface area contributed by atoms with Crippen LogP contribution < -0.4 is 0 Å². The van der Waals surface area contributed by atoms with Crippen molar-refractivity contribution in [3.8, 4) is 0 Å². The van der Waals surface area contributed by atoms with Crippen LogP contribution in [0.2, 0.25) is 0 Å². The van der Waals surface area contributed by atoms with Crippen molar-refractivity contribution < 1.29 is 52.5 Å². The minimum absolute atomic E-state index is 0.125. The highest BCUT2D eigenvalue weighted by molar-refractivity contribution is 5.85. The van der Waals surface area contributed by atoms with E-state index in [1.54, 1.807) is 11.8 Å². The van der Waals surface area contributed by atoms with Crippen LogP contribution in [0.1, 0.15) is 126 Å². The molecule has 0 aliphatic heterocycles. The third kappa shape index (κ3) is 9.94. The molecule has 0 amide bonds. The maximum atomic E-state index is 13.1. The van der Waals surface area contributed by atoms with Crippen LogP contribution >= 0.6 is 0 Å². The van der Waals surface area contributed by atoms with Gasteiger partial charge in [-0.3, -0.25) is 24.1 Å². The summed E-state index contributed by atoms with van der Waals surface area (Å²) in [6.07, 6.45) is 10.1. The van der Waals surface area contributed by atoms with Crippen LogP contribution in [0.3, 0.4) is 0 Å². The number of ketones is 1. The van der Waals surface area contributed by atoms with E-state index in [0.29, 0.717) is 55.4 Å². The van der Waals surface area contributed by atoms with E-state index in [1.165, 1.54) is 27.7 Å². The summed E-state index contributed by atoms with van der Waals surface area (Å²) < 4.78 is 26.8. The second-order valence-corrected chi connectivity index (χ2v) is 17.3. The zero-order valence-corrected chi connectivity index (χ0v) is 32.8. The van der Waals surface area contributed by atoms with Crippen LogP contribution in [-0.2, 0) is 52.5 Å². The lowest BCUT2D eigenvalue weighted by Gasteiger charge is -2.62. The summed E-state index contributed by atoms with van der Waals surface area (Å²) in [5, 5.41) is 0. The molecule has 0 saturated heterocycles. The zero-order chi connectivity index (χ0) is 38.5. The van der Waals surface area contributed by atoms with E-state index in [1.807, 2.05) is 6.92 Å². The molecule has 52 heavy (non-hydrogen) atoms. The summed E-state index contributed by atoms with van der Waals surface area (Å²) in [6, 6.07) is 0. The maximum Gasteiger partial charge on any atom is 0.350 e. The van der Waals surface area contributed by atoms with Crippen molar-refractivity contribution in [1.29, 1.82) is 0 Å². The molecule has 294 valence electrons. The predicted molar refractivity (Wildman–Crippen MR) is 190 cm³/mol. The average molecular weight is 734 g/mol. The first kappa shape index (κ1) is 41.7.